The van der Waals surface area contributed by atoms with E-state index in [9.17, 15) is 9.90 Å². The monoisotopic (exact) mass is 297 g/mol. The van der Waals surface area contributed by atoms with Crippen molar-refractivity contribution in [1.82, 2.24) is 15.5 Å². The smallest absolute Gasteiger partial charge is 0.227 e. The van der Waals surface area contributed by atoms with Crippen LogP contribution in [-0.4, -0.2) is 33.8 Å². The van der Waals surface area contributed by atoms with Gasteiger partial charge in [-0.25, -0.2) is 0 Å². The van der Waals surface area contributed by atoms with E-state index in [0.29, 0.717) is 18.1 Å². The van der Waals surface area contributed by atoms with E-state index in [4.69, 9.17) is 4.52 Å². The topological polar surface area (TPSA) is 88.2 Å². The highest BCUT2D eigenvalue weighted by Gasteiger charge is 2.21. The second-order valence-corrected chi connectivity index (χ2v) is 6.52. The Morgan fingerprint density at radius 1 is 1.43 bits per heavy atom. The number of amides is 1. The number of carbonyl (C=O) groups excluding carboxylic acids is 1. The SMILES string of the molecule is CCC(C)C(O)CNC(=O)CCc1nc(C(C)(C)C)no1. The van der Waals surface area contributed by atoms with Crippen molar-refractivity contribution in [3.05, 3.63) is 11.7 Å². The van der Waals surface area contributed by atoms with E-state index in [-0.39, 0.29) is 30.2 Å². The molecule has 1 amide bonds. The molecule has 2 atom stereocenters. The lowest BCUT2D eigenvalue weighted by Gasteiger charge is -2.17. The van der Waals surface area contributed by atoms with Crippen LogP contribution in [0.25, 0.3) is 0 Å². The zero-order valence-electron chi connectivity index (χ0n) is 13.6. The fourth-order valence-electron chi connectivity index (χ4n) is 1.66. The minimum absolute atomic E-state index is 0.118. The summed E-state index contributed by atoms with van der Waals surface area (Å²) < 4.78 is 5.13. The molecule has 0 aliphatic heterocycles. The third-order valence-corrected chi connectivity index (χ3v) is 3.51. The number of rotatable bonds is 7. The molecule has 120 valence electrons. The molecule has 0 bridgehead atoms. The van der Waals surface area contributed by atoms with Gasteiger partial charge in [-0.2, -0.15) is 4.98 Å². The number of hydrogen-bond donors (Lipinski definition) is 2. The quantitative estimate of drug-likeness (QED) is 0.801. The summed E-state index contributed by atoms with van der Waals surface area (Å²) in [6, 6.07) is 0. The molecule has 2 unspecified atom stereocenters. The molecular weight excluding hydrogens is 270 g/mol. The zero-order valence-corrected chi connectivity index (χ0v) is 13.6. The summed E-state index contributed by atoms with van der Waals surface area (Å²) in [7, 11) is 0. The molecule has 1 heterocycles. The van der Waals surface area contributed by atoms with Crippen molar-refractivity contribution in [2.75, 3.05) is 6.54 Å². The average molecular weight is 297 g/mol. The van der Waals surface area contributed by atoms with Crippen molar-refractivity contribution in [3.63, 3.8) is 0 Å². The van der Waals surface area contributed by atoms with Gasteiger partial charge in [0.15, 0.2) is 5.82 Å². The number of aryl methyl sites for hydroxylation is 1. The van der Waals surface area contributed by atoms with Gasteiger partial charge >= 0.3 is 0 Å². The molecule has 0 saturated carbocycles. The summed E-state index contributed by atoms with van der Waals surface area (Å²) in [6.07, 6.45) is 1.07. The summed E-state index contributed by atoms with van der Waals surface area (Å²) in [6.45, 7) is 10.3. The van der Waals surface area contributed by atoms with Gasteiger partial charge in [-0.15, -0.1) is 0 Å². The summed E-state index contributed by atoms with van der Waals surface area (Å²) in [4.78, 5) is 16.0. The largest absolute Gasteiger partial charge is 0.391 e. The Labute approximate surface area is 126 Å². The van der Waals surface area contributed by atoms with Crippen molar-refractivity contribution in [1.29, 1.82) is 0 Å². The number of nitrogens with zero attached hydrogens (tertiary/aromatic N) is 2. The van der Waals surface area contributed by atoms with Crippen molar-refractivity contribution in [2.45, 2.75) is 65.4 Å². The Morgan fingerprint density at radius 3 is 2.62 bits per heavy atom. The molecule has 1 rings (SSSR count). The molecule has 0 aliphatic rings. The molecule has 0 fully saturated rings. The molecule has 0 aromatic carbocycles. The highest BCUT2D eigenvalue weighted by atomic mass is 16.5. The minimum atomic E-state index is -0.505. The Balaban J connectivity index is 2.35. The van der Waals surface area contributed by atoms with Gasteiger partial charge in [-0.1, -0.05) is 46.2 Å². The standard InChI is InChI=1S/C15H27N3O3/c1-6-10(2)11(19)9-16-12(20)7-8-13-17-14(18-21-13)15(3,4)5/h10-11,19H,6-9H2,1-5H3,(H,16,20). The van der Waals surface area contributed by atoms with Gasteiger partial charge in [0.25, 0.3) is 0 Å². The van der Waals surface area contributed by atoms with Crippen LogP contribution in [0.2, 0.25) is 0 Å². The molecular formula is C15H27N3O3. The predicted octanol–water partition coefficient (Wildman–Crippen LogP) is 1.82. The van der Waals surface area contributed by atoms with Crippen molar-refractivity contribution in [2.24, 2.45) is 5.92 Å². The van der Waals surface area contributed by atoms with Crippen LogP contribution in [0.4, 0.5) is 0 Å². The highest BCUT2D eigenvalue weighted by Crippen LogP contribution is 2.18. The van der Waals surface area contributed by atoms with E-state index in [2.05, 4.69) is 15.5 Å². The summed E-state index contributed by atoms with van der Waals surface area (Å²) in [5.74, 6) is 1.17. The first-order valence-corrected chi connectivity index (χ1v) is 7.51. The molecule has 1 aromatic rings. The van der Waals surface area contributed by atoms with Crippen molar-refractivity contribution >= 4 is 5.91 Å². The Hall–Kier alpha value is -1.43. The van der Waals surface area contributed by atoms with E-state index < -0.39 is 6.10 Å². The van der Waals surface area contributed by atoms with E-state index >= 15 is 0 Å². The maximum absolute atomic E-state index is 11.7. The van der Waals surface area contributed by atoms with Gasteiger partial charge in [0, 0.05) is 24.8 Å². The number of hydrogen-bond acceptors (Lipinski definition) is 5. The first-order valence-electron chi connectivity index (χ1n) is 7.51. The van der Waals surface area contributed by atoms with Gasteiger partial charge < -0.3 is 14.9 Å². The first kappa shape index (κ1) is 17.6. The Bertz CT molecular complexity index is 451. The highest BCUT2D eigenvalue weighted by molar-refractivity contribution is 5.76. The van der Waals surface area contributed by atoms with Gasteiger partial charge in [-0.05, 0) is 5.92 Å². The van der Waals surface area contributed by atoms with Crippen LogP contribution >= 0.6 is 0 Å². The number of aliphatic hydroxyl groups is 1. The minimum Gasteiger partial charge on any atom is -0.391 e. The van der Waals surface area contributed by atoms with Crippen LogP contribution in [0, 0.1) is 5.92 Å². The number of aromatic nitrogens is 2. The van der Waals surface area contributed by atoms with E-state index in [1.807, 2.05) is 34.6 Å². The predicted molar refractivity (Wildman–Crippen MR) is 79.8 cm³/mol. The van der Waals surface area contributed by atoms with Crippen LogP contribution in [0.5, 0.6) is 0 Å². The van der Waals surface area contributed by atoms with Crippen LogP contribution < -0.4 is 5.32 Å². The van der Waals surface area contributed by atoms with Gasteiger partial charge in [0.2, 0.25) is 11.8 Å². The lowest BCUT2D eigenvalue weighted by atomic mass is 9.96. The van der Waals surface area contributed by atoms with E-state index in [1.165, 1.54) is 0 Å². The number of carbonyl (C=O) groups is 1. The summed E-state index contributed by atoms with van der Waals surface area (Å²) in [5.41, 5.74) is -0.162. The van der Waals surface area contributed by atoms with Gasteiger partial charge in [0.1, 0.15) is 0 Å². The maximum Gasteiger partial charge on any atom is 0.227 e. The van der Waals surface area contributed by atoms with Crippen LogP contribution in [0.3, 0.4) is 0 Å². The van der Waals surface area contributed by atoms with Crippen LogP contribution in [0.1, 0.15) is 59.2 Å². The van der Waals surface area contributed by atoms with Gasteiger partial charge in [0.05, 0.1) is 6.10 Å². The van der Waals surface area contributed by atoms with Gasteiger partial charge in [-0.3, -0.25) is 4.79 Å². The second kappa shape index (κ2) is 7.54. The lowest BCUT2D eigenvalue weighted by Crippen LogP contribution is -2.35. The molecule has 2 N–H and O–H groups in total. The second-order valence-electron chi connectivity index (χ2n) is 6.52. The molecule has 0 saturated heterocycles. The summed E-state index contributed by atoms with van der Waals surface area (Å²) >= 11 is 0. The van der Waals surface area contributed by atoms with Crippen LogP contribution in [0.15, 0.2) is 4.52 Å². The molecule has 21 heavy (non-hydrogen) atoms. The molecule has 0 aliphatic carbocycles. The Kier molecular flexibility index (Phi) is 6.33. The van der Waals surface area contributed by atoms with E-state index in [1.54, 1.807) is 0 Å². The fraction of sp³-hybridized carbons (Fsp3) is 0.800. The normalized spacial score (nSPS) is 14.8. The average Bonchev–Trinajstić information content (AvgIpc) is 2.90. The molecule has 1 aromatic heterocycles. The molecule has 6 nitrogen and oxygen atoms in total. The molecule has 0 spiro atoms. The van der Waals surface area contributed by atoms with E-state index in [0.717, 1.165) is 6.42 Å². The molecule has 6 heteroatoms. The third-order valence-electron chi connectivity index (χ3n) is 3.51. The third kappa shape index (κ3) is 5.83. The number of aliphatic hydroxyl groups excluding tert-OH is 1. The van der Waals surface area contributed by atoms with Crippen molar-refractivity contribution < 1.29 is 14.4 Å². The van der Waals surface area contributed by atoms with Crippen LogP contribution in [-0.2, 0) is 16.6 Å². The van der Waals surface area contributed by atoms with Crippen molar-refractivity contribution in [3.8, 4) is 0 Å². The lowest BCUT2D eigenvalue weighted by molar-refractivity contribution is -0.121. The maximum atomic E-state index is 11.7. The fourth-order valence-corrected chi connectivity index (χ4v) is 1.66. The zero-order chi connectivity index (χ0) is 16.0. The summed E-state index contributed by atoms with van der Waals surface area (Å²) in [5, 5.41) is 16.4. The Morgan fingerprint density at radius 2 is 2.10 bits per heavy atom. The molecule has 0 radical (unpaired) electrons. The first-order chi connectivity index (χ1) is 9.74. The number of nitrogens with one attached hydrogen (secondary N) is 1.